The molecule has 1 aromatic carbocycles. The highest BCUT2D eigenvalue weighted by molar-refractivity contribution is 6.09. The molecular weight excluding hydrogens is 396 g/mol. The molecule has 0 aliphatic carbocycles. The monoisotopic (exact) mass is 420 g/mol. The Labute approximate surface area is 179 Å². The molecule has 1 amide bonds. The molecule has 2 saturated heterocycles. The van der Waals surface area contributed by atoms with Gasteiger partial charge in [-0.15, -0.1) is 0 Å². The summed E-state index contributed by atoms with van der Waals surface area (Å²) in [6.45, 7) is 4.71. The summed E-state index contributed by atoms with van der Waals surface area (Å²) >= 11 is 0. The molecule has 0 radical (unpaired) electrons. The van der Waals surface area contributed by atoms with E-state index in [9.17, 15) is 4.79 Å². The number of hydrogen-bond donors (Lipinski definition) is 1. The first-order valence-electron chi connectivity index (χ1n) is 10.6. The van der Waals surface area contributed by atoms with Crippen LogP contribution in [0.25, 0.3) is 5.65 Å². The molecule has 9 heteroatoms. The van der Waals surface area contributed by atoms with Gasteiger partial charge in [-0.05, 0) is 19.2 Å². The van der Waals surface area contributed by atoms with Gasteiger partial charge < -0.3 is 19.7 Å². The van der Waals surface area contributed by atoms with E-state index in [1.54, 1.807) is 29.2 Å². The van der Waals surface area contributed by atoms with Crippen molar-refractivity contribution in [1.29, 1.82) is 0 Å². The predicted octanol–water partition coefficient (Wildman–Crippen LogP) is 1.44. The lowest BCUT2D eigenvalue weighted by Crippen LogP contribution is -2.62. The fraction of sp³-hybridized carbons (Fsp3) is 0.409. The summed E-state index contributed by atoms with van der Waals surface area (Å²) < 4.78 is 13.5. The molecule has 3 aliphatic heterocycles. The van der Waals surface area contributed by atoms with E-state index >= 15 is 0 Å². The molecular formula is C22H24N6O3. The number of carbonyl (C=O) groups excluding carboxylic acids is 1. The number of likely N-dealkylation sites (N-methyl/N-ethyl adjacent to an activating group) is 1. The fourth-order valence-corrected chi connectivity index (χ4v) is 4.92. The normalized spacial score (nSPS) is 19.8. The summed E-state index contributed by atoms with van der Waals surface area (Å²) in [5, 5.41) is 7.36. The predicted molar refractivity (Wildman–Crippen MR) is 115 cm³/mol. The van der Waals surface area contributed by atoms with E-state index in [1.807, 2.05) is 0 Å². The van der Waals surface area contributed by atoms with E-state index < -0.39 is 0 Å². The molecule has 2 fully saturated rings. The minimum Gasteiger partial charge on any atom is -0.484 e. The zero-order valence-corrected chi connectivity index (χ0v) is 17.4. The summed E-state index contributed by atoms with van der Waals surface area (Å²) in [4.78, 5) is 22.0. The largest absolute Gasteiger partial charge is 0.484 e. The maximum absolute atomic E-state index is 13.2. The number of morpholine rings is 1. The van der Waals surface area contributed by atoms with Crippen LogP contribution in [0.15, 0.2) is 36.8 Å². The quantitative estimate of drug-likeness (QED) is 0.686. The highest BCUT2D eigenvalue weighted by Crippen LogP contribution is 2.44. The molecule has 160 valence electrons. The minimum absolute atomic E-state index is 0.131. The van der Waals surface area contributed by atoms with Crippen molar-refractivity contribution in [3.8, 4) is 5.75 Å². The minimum atomic E-state index is -0.222. The van der Waals surface area contributed by atoms with Crippen molar-refractivity contribution < 1.29 is 14.3 Å². The maximum Gasteiger partial charge on any atom is 0.261 e. The van der Waals surface area contributed by atoms with Gasteiger partial charge in [-0.25, -0.2) is 9.50 Å². The van der Waals surface area contributed by atoms with Gasteiger partial charge in [-0.2, -0.15) is 5.10 Å². The van der Waals surface area contributed by atoms with Gasteiger partial charge in [0.2, 0.25) is 0 Å². The zero-order valence-electron chi connectivity index (χ0n) is 17.4. The van der Waals surface area contributed by atoms with Crippen LogP contribution >= 0.6 is 0 Å². The molecule has 1 N–H and O–H groups in total. The number of rotatable bonds is 3. The summed E-state index contributed by atoms with van der Waals surface area (Å²) in [6, 6.07) is 5.94. The number of nitrogens with one attached hydrogen (secondary N) is 1. The summed E-state index contributed by atoms with van der Waals surface area (Å²) in [7, 11) is 2.10. The number of hydrogen-bond acceptors (Lipinski definition) is 7. The van der Waals surface area contributed by atoms with E-state index in [-0.39, 0.29) is 11.5 Å². The van der Waals surface area contributed by atoms with Crippen molar-refractivity contribution in [3.05, 3.63) is 47.9 Å². The third-order valence-corrected chi connectivity index (χ3v) is 6.26. The Morgan fingerprint density at radius 1 is 1.23 bits per heavy atom. The highest BCUT2D eigenvalue weighted by atomic mass is 16.5. The molecule has 1 spiro atoms. The van der Waals surface area contributed by atoms with Gasteiger partial charge in [-0.3, -0.25) is 9.69 Å². The van der Waals surface area contributed by atoms with Crippen LogP contribution in [-0.4, -0.2) is 77.4 Å². The van der Waals surface area contributed by atoms with E-state index in [4.69, 9.17) is 9.47 Å². The third kappa shape index (κ3) is 3.12. The van der Waals surface area contributed by atoms with Crippen LogP contribution in [-0.2, 0) is 11.2 Å². The van der Waals surface area contributed by atoms with Crippen LogP contribution < -0.4 is 15.0 Å². The second-order valence-corrected chi connectivity index (χ2v) is 8.61. The SMILES string of the molecule is CN1CC2(Cc3cc(NC(=O)c4cnn5cccnc45)c(N4CCOCC4)cc3O2)C1. The topological polar surface area (TPSA) is 84.2 Å². The fourth-order valence-electron chi connectivity index (χ4n) is 4.92. The number of amides is 1. The first kappa shape index (κ1) is 18.6. The molecule has 3 aliphatic rings. The van der Waals surface area contributed by atoms with Gasteiger partial charge in [0.25, 0.3) is 5.91 Å². The molecule has 5 heterocycles. The van der Waals surface area contributed by atoms with Crippen LogP contribution in [0.3, 0.4) is 0 Å². The molecule has 6 rings (SSSR count). The number of nitrogens with zero attached hydrogens (tertiary/aromatic N) is 5. The molecule has 3 aromatic rings. The highest BCUT2D eigenvalue weighted by Gasteiger charge is 2.48. The van der Waals surface area contributed by atoms with Gasteiger partial charge in [0.1, 0.15) is 16.9 Å². The Bertz CT molecular complexity index is 1160. The smallest absolute Gasteiger partial charge is 0.261 e. The molecule has 2 aromatic heterocycles. The summed E-state index contributed by atoms with van der Waals surface area (Å²) in [5.74, 6) is 0.699. The molecule has 9 nitrogen and oxygen atoms in total. The van der Waals surface area contributed by atoms with Crippen molar-refractivity contribution in [2.75, 3.05) is 56.7 Å². The number of carbonyl (C=O) groups is 1. The Morgan fingerprint density at radius 2 is 2.06 bits per heavy atom. The molecule has 0 atom stereocenters. The lowest BCUT2D eigenvalue weighted by Gasteiger charge is -2.44. The molecule has 0 bridgehead atoms. The second-order valence-electron chi connectivity index (χ2n) is 8.61. The zero-order chi connectivity index (χ0) is 21.0. The van der Waals surface area contributed by atoms with Crippen LogP contribution in [0.2, 0.25) is 0 Å². The number of benzene rings is 1. The number of aromatic nitrogens is 3. The lowest BCUT2D eigenvalue weighted by atomic mass is 9.89. The molecule has 31 heavy (non-hydrogen) atoms. The van der Waals surface area contributed by atoms with Crippen molar-refractivity contribution in [3.63, 3.8) is 0 Å². The number of fused-ring (bicyclic) bond motifs is 2. The van der Waals surface area contributed by atoms with Gasteiger partial charge in [0.05, 0.1) is 30.8 Å². The Balaban J connectivity index is 1.35. The van der Waals surface area contributed by atoms with Crippen LogP contribution in [0.4, 0.5) is 11.4 Å². The van der Waals surface area contributed by atoms with Crippen LogP contribution in [0.1, 0.15) is 15.9 Å². The van der Waals surface area contributed by atoms with Crippen molar-refractivity contribution in [1.82, 2.24) is 19.5 Å². The van der Waals surface area contributed by atoms with Gasteiger partial charge >= 0.3 is 0 Å². The Kier molecular flexibility index (Phi) is 4.15. The Hall–Kier alpha value is -3.17. The summed E-state index contributed by atoms with van der Waals surface area (Å²) in [5.41, 5.74) is 3.74. The number of anilines is 2. The summed E-state index contributed by atoms with van der Waals surface area (Å²) in [6.07, 6.45) is 5.85. The van der Waals surface area contributed by atoms with Gasteiger partial charge in [-0.1, -0.05) is 0 Å². The van der Waals surface area contributed by atoms with Crippen molar-refractivity contribution >= 4 is 22.9 Å². The van der Waals surface area contributed by atoms with Crippen molar-refractivity contribution in [2.45, 2.75) is 12.0 Å². The van der Waals surface area contributed by atoms with E-state index in [0.717, 1.165) is 55.3 Å². The lowest BCUT2D eigenvalue weighted by molar-refractivity contribution is -0.0481. The van der Waals surface area contributed by atoms with Gasteiger partial charge in [0.15, 0.2) is 5.65 Å². The first-order valence-corrected chi connectivity index (χ1v) is 10.6. The molecule has 0 saturated carbocycles. The van der Waals surface area contributed by atoms with E-state index in [0.29, 0.717) is 24.4 Å². The first-order chi connectivity index (χ1) is 15.1. The average molecular weight is 420 g/mol. The van der Waals surface area contributed by atoms with E-state index in [2.05, 4.69) is 44.4 Å². The van der Waals surface area contributed by atoms with Crippen LogP contribution in [0.5, 0.6) is 5.75 Å². The van der Waals surface area contributed by atoms with E-state index in [1.165, 1.54) is 0 Å². The van der Waals surface area contributed by atoms with Gasteiger partial charge in [0, 0.05) is 56.6 Å². The number of likely N-dealkylation sites (tertiary alicyclic amines) is 1. The third-order valence-electron chi connectivity index (χ3n) is 6.26. The molecule has 0 unspecified atom stereocenters. The average Bonchev–Trinajstić information content (AvgIpc) is 3.35. The van der Waals surface area contributed by atoms with Crippen LogP contribution in [0, 0.1) is 0 Å². The van der Waals surface area contributed by atoms with Crippen molar-refractivity contribution in [2.24, 2.45) is 0 Å². The standard InChI is InChI=1S/C22H24N6O3/c1-26-13-22(14-26)11-15-9-17(18(10-19(15)31-22)27-5-7-30-8-6-27)25-21(29)16-12-24-28-4-2-3-23-20(16)28/h2-4,9-10,12H,5-8,11,13-14H2,1H3,(H,25,29). The number of ether oxygens (including phenoxy) is 2. The second kappa shape index (κ2) is 6.93. The maximum atomic E-state index is 13.2. The Morgan fingerprint density at radius 3 is 2.87 bits per heavy atom.